The Morgan fingerprint density at radius 2 is 1.74 bits per heavy atom. The number of nitrogens with two attached hydrogens (primary N) is 1. The molecule has 2 aromatic carbocycles. The van der Waals surface area contributed by atoms with E-state index in [1.807, 2.05) is 5.43 Å². The summed E-state index contributed by atoms with van der Waals surface area (Å²) in [6.07, 6.45) is 1.20. The van der Waals surface area contributed by atoms with Crippen molar-refractivity contribution in [3.63, 3.8) is 0 Å². The van der Waals surface area contributed by atoms with Crippen LogP contribution in [0.3, 0.4) is 0 Å². The molecule has 7 heteroatoms. The van der Waals surface area contributed by atoms with Gasteiger partial charge in [-0.05, 0) is 36.4 Å². The molecule has 2 rings (SSSR count). The van der Waals surface area contributed by atoms with E-state index >= 15 is 0 Å². The SMILES string of the molecule is NNC(=O)/C(=C\c1ccccc1F)NC(=O)c1ccc(Cl)cc1. The molecule has 0 heterocycles. The highest BCUT2D eigenvalue weighted by Gasteiger charge is 2.14. The van der Waals surface area contributed by atoms with Crippen LogP contribution in [0, 0.1) is 5.82 Å². The molecule has 0 aliphatic carbocycles. The van der Waals surface area contributed by atoms with Gasteiger partial charge in [0.2, 0.25) is 0 Å². The molecule has 4 N–H and O–H groups in total. The van der Waals surface area contributed by atoms with Gasteiger partial charge in [0.05, 0.1) is 0 Å². The highest BCUT2D eigenvalue weighted by atomic mass is 35.5. The zero-order valence-electron chi connectivity index (χ0n) is 11.8. The quantitative estimate of drug-likeness (QED) is 0.347. The van der Waals surface area contributed by atoms with E-state index in [-0.39, 0.29) is 11.3 Å². The number of hydrogen-bond acceptors (Lipinski definition) is 3. The smallest absolute Gasteiger partial charge is 0.281 e. The van der Waals surface area contributed by atoms with E-state index in [4.69, 9.17) is 17.4 Å². The maximum atomic E-state index is 13.7. The van der Waals surface area contributed by atoms with E-state index in [1.165, 1.54) is 36.4 Å². The van der Waals surface area contributed by atoms with Crippen LogP contribution in [-0.2, 0) is 4.79 Å². The van der Waals surface area contributed by atoms with Crippen molar-refractivity contribution in [1.82, 2.24) is 10.7 Å². The van der Waals surface area contributed by atoms with Crippen molar-refractivity contribution in [3.8, 4) is 0 Å². The number of amides is 2. The minimum Gasteiger partial charge on any atom is -0.317 e. The highest BCUT2D eigenvalue weighted by molar-refractivity contribution is 6.30. The lowest BCUT2D eigenvalue weighted by molar-refractivity contribution is -0.117. The number of carbonyl (C=O) groups excluding carboxylic acids is 2. The summed E-state index contributed by atoms with van der Waals surface area (Å²) >= 11 is 5.75. The number of benzene rings is 2. The zero-order chi connectivity index (χ0) is 16.8. The molecular formula is C16H13ClFN3O2. The summed E-state index contributed by atoms with van der Waals surface area (Å²) in [7, 11) is 0. The lowest BCUT2D eigenvalue weighted by atomic mass is 10.1. The normalized spacial score (nSPS) is 11.0. The van der Waals surface area contributed by atoms with Gasteiger partial charge in [0.25, 0.3) is 11.8 Å². The van der Waals surface area contributed by atoms with Gasteiger partial charge in [-0.25, -0.2) is 10.2 Å². The van der Waals surface area contributed by atoms with Crippen LogP contribution in [0.2, 0.25) is 5.02 Å². The number of hydrogen-bond donors (Lipinski definition) is 3. The van der Waals surface area contributed by atoms with Crippen LogP contribution in [0.4, 0.5) is 4.39 Å². The molecule has 0 bridgehead atoms. The Morgan fingerprint density at radius 1 is 1.09 bits per heavy atom. The molecule has 0 radical (unpaired) electrons. The van der Waals surface area contributed by atoms with Gasteiger partial charge in [0, 0.05) is 16.1 Å². The van der Waals surface area contributed by atoms with Gasteiger partial charge in [0.1, 0.15) is 11.5 Å². The molecule has 0 aliphatic rings. The van der Waals surface area contributed by atoms with E-state index < -0.39 is 17.6 Å². The monoisotopic (exact) mass is 333 g/mol. The first-order chi connectivity index (χ1) is 11.0. The van der Waals surface area contributed by atoms with E-state index in [0.29, 0.717) is 10.6 Å². The summed E-state index contributed by atoms with van der Waals surface area (Å²) in [5.74, 6) is 3.26. The first-order valence-corrected chi connectivity index (χ1v) is 6.93. The van der Waals surface area contributed by atoms with Gasteiger partial charge in [0.15, 0.2) is 0 Å². The van der Waals surface area contributed by atoms with Gasteiger partial charge < -0.3 is 5.32 Å². The number of carbonyl (C=O) groups is 2. The number of hydrazine groups is 1. The Labute approximate surface area is 136 Å². The Balaban J connectivity index is 2.29. The van der Waals surface area contributed by atoms with Crippen molar-refractivity contribution >= 4 is 29.5 Å². The molecule has 0 fully saturated rings. The van der Waals surface area contributed by atoms with Crippen LogP contribution in [-0.4, -0.2) is 11.8 Å². The molecule has 5 nitrogen and oxygen atoms in total. The largest absolute Gasteiger partial charge is 0.317 e. The first-order valence-electron chi connectivity index (χ1n) is 6.55. The standard InChI is InChI=1S/C16H13ClFN3O2/c17-12-7-5-10(6-8-12)15(22)20-14(16(23)21-19)9-11-3-1-2-4-13(11)18/h1-9H,19H2,(H,20,22)(H,21,23)/b14-9+. The maximum Gasteiger partial charge on any atom is 0.281 e. The van der Waals surface area contributed by atoms with Crippen LogP contribution < -0.4 is 16.6 Å². The van der Waals surface area contributed by atoms with Crippen molar-refractivity contribution < 1.29 is 14.0 Å². The summed E-state index contributed by atoms with van der Waals surface area (Å²) in [5, 5.41) is 2.87. The molecule has 0 aliphatic heterocycles. The summed E-state index contributed by atoms with van der Waals surface area (Å²) < 4.78 is 13.7. The van der Waals surface area contributed by atoms with E-state index in [0.717, 1.165) is 0 Å². The van der Waals surface area contributed by atoms with Crippen LogP contribution in [0.15, 0.2) is 54.2 Å². The topological polar surface area (TPSA) is 84.2 Å². The van der Waals surface area contributed by atoms with Crippen molar-refractivity contribution in [2.24, 2.45) is 5.84 Å². The molecule has 0 saturated heterocycles. The number of rotatable bonds is 4. The number of nitrogens with one attached hydrogen (secondary N) is 2. The van der Waals surface area contributed by atoms with Crippen molar-refractivity contribution in [3.05, 3.63) is 76.2 Å². The van der Waals surface area contributed by atoms with E-state index in [9.17, 15) is 14.0 Å². The highest BCUT2D eigenvalue weighted by Crippen LogP contribution is 2.12. The lowest BCUT2D eigenvalue weighted by Gasteiger charge is -2.09. The second-order valence-corrected chi connectivity index (χ2v) is 4.95. The van der Waals surface area contributed by atoms with Gasteiger partial charge in [-0.15, -0.1) is 0 Å². The molecule has 0 aromatic heterocycles. The predicted molar refractivity (Wildman–Crippen MR) is 85.6 cm³/mol. The average Bonchev–Trinajstić information content (AvgIpc) is 2.56. The van der Waals surface area contributed by atoms with Crippen LogP contribution in [0.5, 0.6) is 0 Å². The predicted octanol–water partition coefficient (Wildman–Crippen LogP) is 2.24. The molecule has 118 valence electrons. The molecule has 2 aromatic rings. The summed E-state index contributed by atoms with van der Waals surface area (Å²) in [4.78, 5) is 23.9. The Morgan fingerprint density at radius 3 is 2.35 bits per heavy atom. The number of halogens is 2. The first kappa shape index (κ1) is 16.7. The summed E-state index contributed by atoms with van der Waals surface area (Å²) in [6, 6.07) is 11.9. The van der Waals surface area contributed by atoms with Gasteiger partial charge in [-0.3, -0.25) is 15.0 Å². The summed E-state index contributed by atoms with van der Waals surface area (Å²) in [6.45, 7) is 0. The minimum absolute atomic E-state index is 0.141. The maximum absolute atomic E-state index is 13.7. The van der Waals surface area contributed by atoms with Gasteiger partial charge in [-0.2, -0.15) is 0 Å². The lowest BCUT2D eigenvalue weighted by Crippen LogP contribution is -2.38. The van der Waals surface area contributed by atoms with Crippen molar-refractivity contribution in [2.45, 2.75) is 0 Å². The zero-order valence-corrected chi connectivity index (χ0v) is 12.6. The fourth-order valence-corrected chi connectivity index (χ4v) is 1.91. The fraction of sp³-hybridized carbons (Fsp3) is 0. The van der Waals surface area contributed by atoms with E-state index in [1.54, 1.807) is 18.2 Å². The third kappa shape index (κ3) is 4.38. The average molecular weight is 334 g/mol. The molecule has 0 saturated carbocycles. The molecule has 2 amide bonds. The van der Waals surface area contributed by atoms with Crippen molar-refractivity contribution in [2.75, 3.05) is 0 Å². The van der Waals surface area contributed by atoms with Crippen LogP contribution in [0.1, 0.15) is 15.9 Å². The third-order valence-electron chi connectivity index (χ3n) is 2.94. The van der Waals surface area contributed by atoms with Gasteiger partial charge >= 0.3 is 0 Å². The Hall–Kier alpha value is -2.70. The van der Waals surface area contributed by atoms with Crippen LogP contribution in [0.25, 0.3) is 6.08 Å². The van der Waals surface area contributed by atoms with Gasteiger partial charge in [-0.1, -0.05) is 29.8 Å². The third-order valence-corrected chi connectivity index (χ3v) is 3.19. The minimum atomic E-state index is -0.754. The Kier molecular flexibility index (Phi) is 5.46. The molecule has 23 heavy (non-hydrogen) atoms. The molecule has 0 atom stereocenters. The van der Waals surface area contributed by atoms with Crippen LogP contribution >= 0.6 is 11.6 Å². The fourth-order valence-electron chi connectivity index (χ4n) is 1.78. The van der Waals surface area contributed by atoms with Crippen molar-refractivity contribution in [1.29, 1.82) is 0 Å². The molecular weight excluding hydrogens is 321 g/mol. The molecule has 0 unspecified atom stereocenters. The second-order valence-electron chi connectivity index (χ2n) is 4.51. The second kappa shape index (κ2) is 7.53. The van der Waals surface area contributed by atoms with E-state index in [2.05, 4.69) is 5.32 Å². The molecule has 0 spiro atoms. The Bertz CT molecular complexity index is 760. The summed E-state index contributed by atoms with van der Waals surface area (Å²) in [5.41, 5.74) is 2.15.